The fourth-order valence-corrected chi connectivity index (χ4v) is 4.45. The third-order valence-electron chi connectivity index (χ3n) is 7.38. The Balaban J connectivity index is 0.00000211. The molecule has 0 saturated carbocycles. The molecule has 5 amide bonds. The monoisotopic (exact) mass is 875 g/mol. The Morgan fingerprint density at radius 2 is 1.30 bits per heavy atom. The molecule has 0 radical (unpaired) electrons. The average Bonchev–Trinajstić information content (AvgIpc) is 3.13. The first-order chi connectivity index (χ1) is 27.7. The second-order valence-electron chi connectivity index (χ2n) is 12.7. The predicted molar refractivity (Wildman–Crippen MR) is 194 cm³/mol. The van der Waals surface area contributed by atoms with E-state index in [2.05, 4.69) is 31.6 Å². The van der Waals surface area contributed by atoms with Crippen LogP contribution in [-0.2, 0) is 44.8 Å². The lowest BCUT2D eigenvalue weighted by atomic mass is 9.99. The van der Waals surface area contributed by atoms with E-state index >= 15 is 0 Å². The van der Waals surface area contributed by atoms with Gasteiger partial charge in [-0.1, -0.05) is 26.0 Å². The van der Waals surface area contributed by atoms with E-state index in [4.69, 9.17) is 41.7 Å². The summed E-state index contributed by atoms with van der Waals surface area (Å²) >= 11 is 0. The molecule has 0 spiro atoms. The second-order valence-corrected chi connectivity index (χ2v) is 12.7. The summed E-state index contributed by atoms with van der Waals surface area (Å²) in [7, 11) is 0. The minimum atomic E-state index is -5.08. The molecule has 0 aromatic heterocycles. The maximum atomic E-state index is 13.6. The lowest BCUT2D eigenvalue weighted by molar-refractivity contribution is -0.193. The maximum absolute atomic E-state index is 13.6. The van der Waals surface area contributed by atoms with Crippen molar-refractivity contribution >= 4 is 53.4 Å². The van der Waals surface area contributed by atoms with Crippen molar-refractivity contribution in [3.05, 3.63) is 29.8 Å². The number of nitrogens with zero attached hydrogens (tertiary/aromatic N) is 1. The highest BCUT2D eigenvalue weighted by Crippen LogP contribution is 2.16. The zero-order chi connectivity index (χ0) is 46.4. The quantitative estimate of drug-likeness (QED) is 0.0464. The van der Waals surface area contributed by atoms with Crippen LogP contribution in [0.25, 0.3) is 0 Å². The van der Waals surface area contributed by atoms with Gasteiger partial charge in [-0.25, -0.2) is 9.59 Å². The molecular weight excluding hydrogens is 828 g/mol. The number of carbonyl (C=O) groups is 8. The van der Waals surface area contributed by atoms with Crippen LogP contribution in [0.4, 0.5) is 26.3 Å². The molecule has 1 heterocycles. The van der Waals surface area contributed by atoms with Crippen LogP contribution >= 0.6 is 0 Å². The fourth-order valence-electron chi connectivity index (χ4n) is 4.45. The normalized spacial score (nSPS) is 19.1. The number of benzene rings is 1. The van der Waals surface area contributed by atoms with Crippen LogP contribution in [0, 0.1) is 5.92 Å². The van der Waals surface area contributed by atoms with E-state index in [1.165, 1.54) is 0 Å². The lowest BCUT2D eigenvalue weighted by Gasteiger charge is -2.27. The molecule has 1 aromatic rings. The number of halogens is 6. The van der Waals surface area contributed by atoms with Crippen LogP contribution in [0.3, 0.4) is 0 Å². The SMILES string of the molecule is CC(C)[C@H]1NC(=O)C(CCCN=C(N)N)NC(=O)CNC(=O)C(CC(=O)O)NC(=O)[C@@H](Cc2ccc(OCCCN)cc2)NC1=O.O=C(O)C(F)(F)F.O=C(O)C(F)(F)F. The summed E-state index contributed by atoms with van der Waals surface area (Å²) in [5.41, 5.74) is 16.8. The average molecular weight is 876 g/mol. The van der Waals surface area contributed by atoms with Gasteiger partial charge >= 0.3 is 30.3 Å². The van der Waals surface area contributed by atoms with Crippen LogP contribution in [0.15, 0.2) is 29.3 Å². The van der Waals surface area contributed by atoms with Crippen LogP contribution in [0.1, 0.15) is 45.1 Å². The van der Waals surface area contributed by atoms with Gasteiger partial charge in [-0.2, -0.15) is 26.3 Å². The molecular formula is C33H47F6N9O12. The van der Waals surface area contributed by atoms with E-state index in [9.17, 15) is 60.2 Å². The number of alkyl halides is 6. The highest BCUT2D eigenvalue weighted by Gasteiger charge is 2.39. The number of hydrogen-bond acceptors (Lipinski definition) is 11. The predicted octanol–water partition coefficient (Wildman–Crippen LogP) is -1.52. The summed E-state index contributed by atoms with van der Waals surface area (Å²) < 4.78 is 69.1. The fraction of sp³-hybridized carbons (Fsp3) is 0.545. The van der Waals surface area contributed by atoms with Gasteiger partial charge in [0.05, 0.1) is 19.6 Å². The molecule has 338 valence electrons. The highest BCUT2D eigenvalue weighted by molar-refractivity contribution is 5.98. The Morgan fingerprint density at radius 3 is 1.77 bits per heavy atom. The summed E-state index contributed by atoms with van der Waals surface area (Å²) in [6.45, 7) is 3.82. The number of carboxylic acid groups (broad SMARTS) is 3. The molecule has 1 fully saturated rings. The van der Waals surface area contributed by atoms with Crippen molar-refractivity contribution in [2.24, 2.45) is 28.1 Å². The first kappa shape index (κ1) is 53.6. The smallest absolute Gasteiger partial charge is 0.490 e. The Bertz CT molecular complexity index is 1630. The number of carbonyl (C=O) groups excluding carboxylic acids is 5. The number of amides is 5. The summed E-state index contributed by atoms with van der Waals surface area (Å²) in [5, 5.41) is 36.2. The Labute approximate surface area is 337 Å². The number of nitrogens with one attached hydrogen (secondary N) is 5. The molecule has 27 heteroatoms. The van der Waals surface area contributed by atoms with Crippen molar-refractivity contribution in [2.75, 3.05) is 26.2 Å². The molecule has 14 N–H and O–H groups in total. The topological polar surface area (TPSA) is 357 Å². The zero-order valence-corrected chi connectivity index (χ0v) is 32.0. The molecule has 4 atom stereocenters. The standard InChI is InChI=1S/C29H45N9O8.2C2HF3O2/c1-16(2)24-28(45)37-20(13-17-6-8-18(9-7-17)46-12-4-10-30)27(44)36-21(14-23(40)41)25(42)34-15-22(39)35-19(26(43)38-24)5-3-11-33-29(31)32;2*3-2(4,5)1(6)7/h6-9,16,19-21,24H,3-5,10-15,30H2,1-2H3,(H,34,42)(H,35,39)(H,36,44)(H,37,45)(H,38,43)(H,40,41)(H4,31,32,33);2*(H,6,7)/t19?,20-,21?,24-;;/m1../s1. The van der Waals surface area contributed by atoms with Crippen molar-refractivity contribution in [1.29, 1.82) is 0 Å². The minimum Gasteiger partial charge on any atom is -0.494 e. The molecule has 1 aliphatic rings. The third-order valence-corrected chi connectivity index (χ3v) is 7.38. The maximum Gasteiger partial charge on any atom is 0.490 e. The van der Waals surface area contributed by atoms with Crippen LogP contribution in [0.5, 0.6) is 5.75 Å². The molecule has 2 unspecified atom stereocenters. The number of aliphatic carboxylic acids is 3. The minimum absolute atomic E-state index is 0.0473. The van der Waals surface area contributed by atoms with E-state index < -0.39 is 103 Å². The van der Waals surface area contributed by atoms with E-state index in [1.54, 1.807) is 38.1 Å². The summed E-state index contributed by atoms with van der Waals surface area (Å²) in [4.78, 5) is 99.3. The number of guanidine groups is 1. The Hall–Kier alpha value is -6.41. The van der Waals surface area contributed by atoms with E-state index in [-0.39, 0.29) is 25.3 Å². The van der Waals surface area contributed by atoms with Crippen molar-refractivity contribution in [3.63, 3.8) is 0 Å². The van der Waals surface area contributed by atoms with Gasteiger partial charge in [0.25, 0.3) is 0 Å². The largest absolute Gasteiger partial charge is 0.494 e. The van der Waals surface area contributed by atoms with Crippen molar-refractivity contribution in [1.82, 2.24) is 26.6 Å². The molecule has 1 saturated heterocycles. The zero-order valence-electron chi connectivity index (χ0n) is 32.0. The number of rotatable bonds is 13. The Morgan fingerprint density at radius 1 is 0.783 bits per heavy atom. The van der Waals surface area contributed by atoms with E-state index in [0.717, 1.165) is 0 Å². The Kier molecular flexibility index (Phi) is 23.1. The molecule has 0 aliphatic carbocycles. The van der Waals surface area contributed by atoms with Gasteiger partial charge < -0.3 is 63.8 Å². The number of hydrogen-bond donors (Lipinski definition) is 11. The second kappa shape index (κ2) is 25.8. The van der Waals surface area contributed by atoms with Gasteiger partial charge in [0, 0.05) is 13.0 Å². The van der Waals surface area contributed by atoms with Gasteiger partial charge in [0.15, 0.2) is 5.96 Å². The van der Waals surface area contributed by atoms with Crippen LogP contribution in [0.2, 0.25) is 0 Å². The van der Waals surface area contributed by atoms with Gasteiger partial charge in [-0.15, -0.1) is 0 Å². The molecule has 21 nitrogen and oxygen atoms in total. The van der Waals surface area contributed by atoms with Crippen molar-refractivity contribution in [2.45, 2.75) is 82.5 Å². The van der Waals surface area contributed by atoms with Crippen LogP contribution in [-0.4, -0.2) is 131 Å². The molecule has 0 bridgehead atoms. The molecule has 1 aliphatic heterocycles. The number of carboxylic acids is 3. The van der Waals surface area contributed by atoms with Gasteiger partial charge in [-0.05, 0) is 49.4 Å². The lowest BCUT2D eigenvalue weighted by Crippen LogP contribution is -2.59. The molecule has 2 rings (SSSR count). The van der Waals surface area contributed by atoms with E-state index in [1.807, 2.05) is 0 Å². The van der Waals surface area contributed by atoms with Crippen molar-refractivity contribution in [3.8, 4) is 5.75 Å². The summed E-state index contributed by atoms with van der Waals surface area (Å²) in [5.74, 6) is -10.8. The number of ether oxygens (including phenoxy) is 1. The van der Waals surface area contributed by atoms with Gasteiger partial charge in [0.1, 0.15) is 29.9 Å². The first-order valence-corrected chi connectivity index (χ1v) is 17.5. The first-order valence-electron chi connectivity index (χ1n) is 17.5. The van der Waals surface area contributed by atoms with E-state index in [0.29, 0.717) is 37.3 Å². The van der Waals surface area contributed by atoms with Crippen LogP contribution < -0.4 is 48.5 Å². The molecule has 60 heavy (non-hydrogen) atoms. The number of nitrogens with two attached hydrogens (primary N) is 3. The number of aliphatic imine (C=N–C) groups is 1. The van der Waals surface area contributed by atoms with Crippen molar-refractivity contribution < 1.29 is 84.8 Å². The summed E-state index contributed by atoms with van der Waals surface area (Å²) in [6, 6.07) is 1.66. The molecule has 1 aromatic carbocycles. The summed E-state index contributed by atoms with van der Waals surface area (Å²) in [6.07, 6.45) is -9.97. The highest BCUT2D eigenvalue weighted by atomic mass is 19.4. The van der Waals surface area contributed by atoms with Gasteiger partial charge in [-0.3, -0.25) is 33.8 Å². The van der Waals surface area contributed by atoms with Gasteiger partial charge in [0.2, 0.25) is 29.5 Å². The third kappa shape index (κ3) is 22.5.